The lowest BCUT2D eigenvalue weighted by atomic mass is 10.1. The lowest BCUT2D eigenvalue weighted by Crippen LogP contribution is -2.30. The van der Waals surface area contributed by atoms with E-state index in [1.165, 1.54) is 13.2 Å². The standard InChI is InChI=1S/C27H24ClNO5/c1-15-11-16(2)13-19(12-15)33-17(3)27(31)29-24-20-7-5-6-8-22(20)34-26(24)25(30)18-9-10-23(32-4)21(28)14-18/h5-14,17H,1-4H3,(H,29,31). The molecule has 3 aromatic carbocycles. The van der Waals surface area contributed by atoms with Crippen LogP contribution in [0, 0.1) is 13.8 Å². The number of fused-ring (bicyclic) bond motifs is 1. The third-order valence-electron chi connectivity index (χ3n) is 5.34. The van der Waals surface area contributed by atoms with Crippen molar-refractivity contribution >= 4 is 39.9 Å². The summed E-state index contributed by atoms with van der Waals surface area (Å²) in [4.78, 5) is 26.4. The van der Waals surface area contributed by atoms with Crippen LogP contribution in [-0.2, 0) is 4.79 Å². The molecule has 4 aromatic rings. The van der Waals surface area contributed by atoms with Crippen molar-refractivity contribution in [2.45, 2.75) is 26.9 Å². The number of amides is 1. The monoisotopic (exact) mass is 477 g/mol. The molecular formula is C27H24ClNO5. The topological polar surface area (TPSA) is 77.8 Å². The Morgan fingerprint density at radius 1 is 1.00 bits per heavy atom. The molecule has 6 nitrogen and oxygen atoms in total. The first-order chi connectivity index (χ1) is 16.3. The fraction of sp³-hybridized carbons (Fsp3) is 0.185. The summed E-state index contributed by atoms with van der Waals surface area (Å²) in [6.45, 7) is 5.58. The molecular weight excluding hydrogens is 454 g/mol. The first-order valence-corrected chi connectivity index (χ1v) is 11.1. The van der Waals surface area contributed by atoms with Gasteiger partial charge in [0.15, 0.2) is 11.9 Å². The SMILES string of the molecule is COc1ccc(C(=O)c2oc3ccccc3c2NC(=O)C(C)Oc2cc(C)cc(C)c2)cc1Cl. The molecule has 1 heterocycles. The minimum Gasteiger partial charge on any atom is -0.495 e. The molecule has 0 saturated carbocycles. The van der Waals surface area contributed by atoms with Gasteiger partial charge in [0.2, 0.25) is 5.78 Å². The van der Waals surface area contributed by atoms with Crippen molar-refractivity contribution in [3.63, 3.8) is 0 Å². The number of ether oxygens (including phenoxy) is 2. The summed E-state index contributed by atoms with van der Waals surface area (Å²) in [5.41, 5.74) is 3.14. The third-order valence-corrected chi connectivity index (χ3v) is 5.64. The maximum atomic E-state index is 13.3. The number of para-hydroxylation sites is 1. The van der Waals surface area contributed by atoms with Crippen molar-refractivity contribution in [3.8, 4) is 11.5 Å². The Bertz CT molecular complexity index is 1370. The molecule has 1 atom stereocenters. The van der Waals surface area contributed by atoms with Crippen molar-refractivity contribution in [1.29, 1.82) is 0 Å². The molecule has 0 bridgehead atoms. The Hall–Kier alpha value is -3.77. The second-order valence-corrected chi connectivity index (χ2v) is 8.46. The number of nitrogens with one attached hydrogen (secondary N) is 1. The number of methoxy groups -OCH3 is 1. The number of carbonyl (C=O) groups excluding carboxylic acids is 2. The number of ketones is 1. The predicted octanol–water partition coefficient (Wildman–Crippen LogP) is 6.35. The third kappa shape index (κ3) is 4.77. The number of halogens is 1. The van der Waals surface area contributed by atoms with Crippen LogP contribution in [0.5, 0.6) is 11.5 Å². The first-order valence-electron chi connectivity index (χ1n) is 10.7. The number of hydrogen-bond acceptors (Lipinski definition) is 5. The van der Waals surface area contributed by atoms with Crippen molar-refractivity contribution in [3.05, 3.63) is 88.1 Å². The van der Waals surface area contributed by atoms with E-state index in [4.69, 9.17) is 25.5 Å². The van der Waals surface area contributed by atoms with Gasteiger partial charge < -0.3 is 19.2 Å². The number of carbonyl (C=O) groups is 2. The van der Waals surface area contributed by atoms with E-state index in [-0.39, 0.29) is 11.4 Å². The van der Waals surface area contributed by atoms with Gasteiger partial charge >= 0.3 is 0 Å². The van der Waals surface area contributed by atoms with E-state index in [9.17, 15) is 9.59 Å². The average molecular weight is 478 g/mol. The summed E-state index contributed by atoms with van der Waals surface area (Å²) in [6, 6.07) is 17.6. The summed E-state index contributed by atoms with van der Waals surface area (Å²) in [5, 5.41) is 3.74. The molecule has 0 radical (unpaired) electrons. The zero-order valence-electron chi connectivity index (χ0n) is 19.3. The van der Waals surface area contributed by atoms with Gasteiger partial charge in [0.25, 0.3) is 5.91 Å². The lowest BCUT2D eigenvalue weighted by molar-refractivity contribution is -0.122. The number of anilines is 1. The van der Waals surface area contributed by atoms with Gasteiger partial charge in [-0.25, -0.2) is 0 Å². The molecule has 1 aromatic heterocycles. The van der Waals surface area contributed by atoms with E-state index in [0.717, 1.165) is 11.1 Å². The molecule has 0 aliphatic carbocycles. The zero-order chi connectivity index (χ0) is 24.4. The lowest BCUT2D eigenvalue weighted by Gasteiger charge is -2.16. The van der Waals surface area contributed by atoms with Gasteiger partial charge in [-0.3, -0.25) is 9.59 Å². The summed E-state index contributed by atoms with van der Waals surface area (Å²) in [7, 11) is 1.50. The molecule has 0 spiro atoms. The zero-order valence-corrected chi connectivity index (χ0v) is 20.0. The maximum absolute atomic E-state index is 13.3. The van der Waals surface area contributed by atoms with E-state index in [0.29, 0.717) is 33.1 Å². The predicted molar refractivity (Wildman–Crippen MR) is 132 cm³/mol. The van der Waals surface area contributed by atoms with Crippen LogP contribution in [0.25, 0.3) is 11.0 Å². The molecule has 7 heteroatoms. The van der Waals surface area contributed by atoms with Crippen LogP contribution in [0.3, 0.4) is 0 Å². The van der Waals surface area contributed by atoms with E-state index in [1.807, 2.05) is 38.1 Å². The summed E-state index contributed by atoms with van der Waals surface area (Å²) < 4.78 is 16.9. The molecule has 4 rings (SSSR count). The first kappa shape index (κ1) is 23.4. The smallest absolute Gasteiger partial charge is 0.265 e. The van der Waals surface area contributed by atoms with Gasteiger partial charge in [0.05, 0.1) is 17.8 Å². The average Bonchev–Trinajstić information content (AvgIpc) is 3.16. The van der Waals surface area contributed by atoms with Gasteiger partial charge in [0.1, 0.15) is 17.1 Å². The minimum atomic E-state index is -0.812. The van der Waals surface area contributed by atoms with Gasteiger partial charge in [-0.15, -0.1) is 0 Å². The van der Waals surface area contributed by atoms with Gasteiger partial charge in [0, 0.05) is 10.9 Å². The molecule has 1 amide bonds. The molecule has 1 N–H and O–H groups in total. The second kappa shape index (κ2) is 9.61. The number of benzene rings is 3. The van der Waals surface area contributed by atoms with Crippen molar-refractivity contribution in [2.24, 2.45) is 0 Å². The summed E-state index contributed by atoms with van der Waals surface area (Å²) >= 11 is 6.21. The molecule has 0 aliphatic rings. The molecule has 34 heavy (non-hydrogen) atoms. The normalized spacial score (nSPS) is 11.8. The molecule has 174 valence electrons. The van der Waals surface area contributed by atoms with Crippen LogP contribution in [0.4, 0.5) is 5.69 Å². The summed E-state index contributed by atoms with van der Waals surface area (Å²) in [6.07, 6.45) is -0.812. The maximum Gasteiger partial charge on any atom is 0.265 e. The minimum absolute atomic E-state index is 0.00869. The van der Waals surface area contributed by atoms with Crippen LogP contribution < -0.4 is 14.8 Å². The van der Waals surface area contributed by atoms with E-state index >= 15 is 0 Å². The van der Waals surface area contributed by atoms with Gasteiger partial charge in [-0.05, 0) is 74.4 Å². The fourth-order valence-electron chi connectivity index (χ4n) is 3.75. The Morgan fingerprint density at radius 2 is 1.71 bits per heavy atom. The highest BCUT2D eigenvalue weighted by Crippen LogP contribution is 2.34. The Morgan fingerprint density at radius 3 is 2.38 bits per heavy atom. The van der Waals surface area contributed by atoms with Crippen LogP contribution in [0.1, 0.15) is 34.2 Å². The van der Waals surface area contributed by atoms with Crippen LogP contribution in [0.15, 0.2) is 65.1 Å². The van der Waals surface area contributed by atoms with Crippen LogP contribution in [-0.4, -0.2) is 24.9 Å². The largest absolute Gasteiger partial charge is 0.495 e. The molecule has 0 saturated heterocycles. The summed E-state index contributed by atoms with van der Waals surface area (Å²) in [5.74, 6) is 0.232. The fourth-order valence-corrected chi connectivity index (χ4v) is 4.01. The van der Waals surface area contributed by atoms with E-state index in [1.54, 1.807) is 37.3 Å². The van der Waals surface area contributed by atoms with Gasteiger partial charge in [-0.1, -0.05) is 29.8 Å². The number of hydrogen-bond donors (Lipinski definition) is 1. The van der Waals surface area contributed by atoms with Crippen LogP contribution in [0.2, 0.25) is 5.02 Å². The number of aryl methyl sites for hydroxylation is 2. The Balaban J connectivity index is 1.65. The van der Waals surface area contributed by atoms with Crippen molar-refractivity contribution in [1.82, 2.24) is 0 Å². The van der Waals surface area contributed by atoms with E-state index in [2.05, 4.69) is 5.32 Å². The van der Waals surface area contributed by atoms with Crippen molar-refractivity contribution in [2.75, 3.05) is 12.4 Å². The quantitative estimate of drug-likeness (QED) is 0.314. The van der Waals surface area contributed by atoms with E-state index < -0.39 is 17.8 Å². The molecule has 0 aliphatic heterocycles. The number of rotatable bonds is 7. The molecule has 1 unspecified atom stereocenters. The Labute approximate surface area is 202 Å². The number of furan rings is 1. The van der Waals surface area contributed by atoms with Crippen LogP contribution >= 0.6 is 11.6 Å². The Kier molecular flexibility index (Phi) is 6.61. The highest BCUT2D eigenvalue weighted by atomic mass is 35.5. The highest BCUT2D eigenvalue weighted by molar-refractivity contribution is 6.32. The molecule has 0 fully saturated rings. The second-order valence-electron chi connectivity index (χ2n) is 8.05. The van der Waals surface area contributed by atoms with Gasteiger partial charge in [-0.2, -0.15) is 0 Å². The highest BCUT2D eigenvalue weighted by Gasteiger charge is 2.26. The van der Waals surface area contributed by atoms with Crippen molar-refractivity contribution < 1.29 is 23.5 Å².